The molecule has 24 heteroatoms. The minimum atomic E-state index is -5.53. The van der Waals surface area contributed by atoms with E-state index in [1.807, 2.05) is 0 Å². The molecule has 0 radical (unpaired) electrons. The van der Waals surface area contributed by atoms with E-state index in [2.05, 4.69) is 30.8 Å². The number of carbonyl (C=O) groups is 1. The van der Waals surface area contributed by atoms with Crippen LogP contribution in [0.4, 0.5) is 29.0 Å². The summed E-state index contributed by atoms with van der Waals surface area (Å²) in [5, 5.41) is 5.90. The van der Waals surface area contributed by atoms with E-state index in [-0.39, 0.29) is 106 Å². The molecule has 5 rings (SSSR count). The summed E-state index contributed by atoms with van der Waals surface area (Å²) in [6, 6.07) is 14.7. The van der Waals surface area contributed by atoms with Crippen LogP contribution in [0.15, 0.2) is 86.5 Å². The van der Waals surface area contributed by atoms with E-state index in [0.717, 1.165) is 18.2 Å². The Morgan fingerprint density at radius 2 is 1.40 bits per heavy atom. The van der Waals surface area contributed by atoms with E-state index < -0.39 is 79.0 Å². The van der Waals surface area contributed by atoms with Gasteiger partial charge in [0, 0.05) is 12.7 Å². The number of hydrazone groups is 1. The molecule has 244 valence electrons. The second-order valence-corrected chi connectivity index (χ2v) is 13.9. The third-order valence-corrected chi connectivity index (χ3v) is 9.12. The molecule has 0 atom stereocenters. The van der Waals surface area contributed by atoms with E-state index in [9.17, 15) is 43.7 Å². The number of hydrogen-bond donors (Lipinski definition) is 2. The molecule has 4 aromatic rings. The maximum absolute atomic E-state index is 13.8. The van der Waals surface area contributed by atoms with Gasteiger partial charge >= 0.3 is 88.7 Å². The number of Topliss-reactive ketones (excluding diaryl/α,β-unsaturated/α-hetero) is 1. The zero-order chi connectivity index (χ0) is 34.3. The van der Waals surface area contributed by atoms with Crippen molar-refractivity contribution in [2.24, 2.45) is 5.10 Å². The summed E-state index contributed by atoms with van der Waals surface area (Å²) in [7, 11) is -14.2. The van der Waals surface area contributed by atoms with Gasteiger partial charge in [-0.3, -0.25) is 10.2 Å². The molecular formula is C26H17ClN7Na3O10S3. The molecular weight excluding hydrogens is 771 g/mol. The summed E-state index contributed by atoms with van der Waals surface area (Å²) in [5.41, 5.74) is -0.217. The van der Waals surface area contributed by atoms with E-state index in [1.165, 1.54) is 17.0 Å². The standard InChI is InChI=1S/C26H20ClN7O10S3.3Na/c1-34(15-7-3-2-4-8-15)26-30-24(27)29-25(31-26)28-18-13-16(45(36,37)38)11-14-12-20(47(42,43)44)22(23(35)21(14)18)33-32-17-9-5-6-10-19(17)46(39,40)41;;;/h2-13,32H,1H3,(H,36,37,38)(H,39,40,41)(H,42,43,44)(H,28,29,30,31);;;/q;3*+1/p-3/b33-22+;;;. The van der Waals surface area contributed by atoms with Crippen molar-refractivity contribution in [3.63, 3.8) is 0 Å². The number of anilines is 5. The summed E-state index contributed by atoms with van der Waals surface area (Å²) >= 11 is 6.12. The monoisotopic (exact) mass is 787 g/mol. The number of aromatic nitrogens is 3. The third-order valence-electron chi connectivity index (χ3n) is 6.39. The van der Waals surface area contributed by atoms with Gasteiger partial charge < -0.3 is 23.9 Å². The van der Waals surface area contributed by atoms with Gasteiger partial charge in [-0.1, -0.05) is 30.3 Å². The predicted octanol–water partition coefficient (Wildman–Crippen LogP) is -6.59. The van der Waals surface area contributed by atoms with Crippen LogP contribution in [-0.4, -0.2) is 72.4 Å². The predicted molar refractivity (Wildman–Crippen MR) is 164 cm³/mol. The van der Waals surface area contributed by atoms with Crippen molar-refractivity contribution in [1.82, 2.24) is 15.0 Å². The number of hydrogen-bond acceptors (Lipinski definition) is 17. The molecule has 0 saturated heterocycles. The summed E-state index contributed by atoms with van der Waals surface area (Å²) in [6.07, 6.45) is 0.602. The molecule has 0 fully saturated rings. The topological polar surface area (TPSA) is 267 Å². The fraction of sp³-hybridized carbons (Fsp3) is 0.0385. The minimum absolute atomic E-state index is 0. The van der Waals surface area contributed by atoms with E-state index in [1.54, 1.807) is 37.4 Å². The van der Waals surface area contributed by atoms with E-state index in [0.29, 0.717) is 17.8 Å². The van der Waals surface area contributed by atoms with Crippen LogP contribution in [-0.2, 0) is 30.4 Å². The quantitative estimate of drug-likeness (QED) is 0.0907. The zero-order valence-electron chi connectivity index (χ0n) is 26.3. The molecule has 2 N–H and O–H groups in total. The van der Waals surface area contributed by atoms with Crippen molar-refractivity contribution in [2.75, 3.05) is 22.7 Å². The van der Waals surface area contributed by atoms with Gasteiger partial charge in [0.1, 0.15) is 36.1 Å². The van der Waals surface area contributed by atoms with Crippen LogP contribution >= 0.6 is 11.6 Å². The fourth-order valence-corrected chi connectivity index (χ4v) is 6.27. The van der Waals surface area contributed by atoms with Crippen LogP contribution in [0.1, 0.15) is 15.9 Å². The number of ketones is 1. The SMILES string of the molecule is CN(c1ccccc1)c1nc(Cl)nc(Nc2cc(S(=O)(=O)[O-])cc3c2C(=O)/C(=N/Nc2ccccc2S(=O)(=O)[O-])C(S(=O)(=O)[O-])=C3)n1.[Na+].[Na+].[Na+]. The van der Waals surface area contributed by atoms with Crippen molar-refractivity contribution < 1.29 is 132 Å². The Kier molecular flexibility index (Phi) is 15.4. The molecule has 1 aliphatic rings. The van der Waals surface area contributed by atoms with Gasteiger partial charge in [0.25, 0.3) is 0 Å². The Balaban J connectivity index is 0.00000289. The van der Waals surface area contributed by atoms with Crippen LogP contribution in [0, 0.1) is 0 Å². The number of nitrogens with zero attached hydrogens (tertiary/aromatic N) is 5. The molecule has 1 heterocycles. The Morgan fingerprint density at radius 3 is 2.00 bits per heavy atom. The number of para-hydroxylation sites is 2. The van der Waals surface area contributed by atoms with Crippen LogP contribution in [0.2, 0.25) is 5.28 Å². The Morgan fingerprint density at radius 1 is 0.780 bits per heavy atom. The normalized spacial score (nSPS) is 13.5. The average Bonchev–Trinajstić information content (AvgIpc) is 2.98. The van der Waals surface area contributed by atoms with Crippen molar-refractivity contribution in [1.29, 1.82) is 0 Å². The molecule has 0 amide bonds. The number of rotatable bonds is 9. The second kappa shape index (κ2) is 17.3. The van der Waals surface area contributed by atoms with Gasteiger partial charge in [-0.05, 0) is 59.6 Å². The van der Waals surface area contributed by atoms with Crippen LogP contribution in [0.25, 0.3) is 6.08 Å². The van der Waals surface area contributed by atoms with Gasteiger partial charge in [-0.2, -0.15) is 20.1 Å². The Hall–Kier alpha value is -1.83. The molecule has 1 aromatic heterocycles. The largest absolute Gasteiger partial charge is 1.00 e. The van der Waals surface area contributed by atoms with E-state index >= 15 is 0 Å². The third kappa shape index (κ3) is 10.2. The van der Waals surface area contributed by atoms with Crippen molar-refractivity contribution >= 4 is 88.5 Å². The number of fused-ring (bicyclic) bond motifs is 1. The molecule has 0 unspecified atom stereocenters. The number of allylic oxidation sites excluding steroid dienone is 1. The number of benzene rings is 3. The fourth-order valence-electron chi connectivity index (χ4n) is 4.31. The first-order chi connectivity index (χ1) is 21.9. The molecule has 17 nitrogen and oxygen atoms in total. The minimum Gasteiger partial charge on any atom is -0.744 e. The van der Waals surface area contributed by atoms with Crippen molar-refractivity contribution in [2.45, 2.75) is 9.79 Å². The van der Waals surface area contributed by atoms with Crippen molar-refractivity contribution in [3.8, 4) is 0 Å². The van der Waals surface area contributed by atoms with E-state index in [4.69, 9.17) is 11.6 Å². The molecule has 0 spiro atoms. The molecule has 0 aliphatic heterocycles. The number of halogens is 1. The average molecular weight is 788 g/mol. The first-order valence-corrected chi connectivity index (χ1v) is 17.3. The summed E-state index contributed by atoms with van der Waals surface area (Å²) in [4.78, 5) is 24.6. The van der Waals surface area contributed by atoms with Crippen LogP contribution < -0.4 is 104 Å². The van der Waals surface area contributed by atoms with Crippen LogP contribution in [0.5, 0.6) is 0 Å². The molecule has 0 bridgehead atoms. The van der Waals surface area contributed by atoms with Crippen molar-refractivity contribution in [3.05, 3.63) is 88.0 Å². The zero-order valence-corrected chi connectivity index (χ0v) is 35.6. The van der Waals surface area contributed by atoms with Gasteiger partial charge in [0.05, 0.1) is 31.6 Å². The van der Waals surface area contributed by atoms with Gasteiger partial charge in [0.2, 0.25) is 23.0 Å². The second-order valence-electron chi connectivity index (χ2n) is 9.45. The van der Waals surface area contributed by atoms with Gasteiger partial charge in [0.15, 0.2) is 0 Å². The van der Waals surface area contributed by atoms with Gasteiger partial charge in [-0.25, -0.2) is 25.3 Å². The summed E-state index contributed by atoms with van der Waals surface area (Å²) < 4.78 is 108. The maximum Gasteiger partial charge on any atom is 1.00 e. The summed E-state index contributed by atoms with van der Waals surface area (Å²) in [5.74, 6) is -1.66. The molecule has 0 saturated carbocycles. The number of carbonyl (C=O) groups excluding carboxylic acids is 1. The van der Waals surface area contributed by atoms with Crippen LogP contribution in [0.3, 0.4) is 0 Å². The Labute approximate surface area is 357 Å². The first kappa shape index (κ1) is 44.3. The van der Waals surface area contributed by atoms with Gasteiger partial charge in [-0.15, -0.1) is 0 Å². The molecule has 3 aromatic carbocycles. The molecule has 1 aliphatic carbocycles. The molecule has 50 heavy (non-hydrogen) atoms. The smallest absolute Gasteiger partial charge is 0.744 e. The number of nitrogens with one attached hydrogen (secondary N) is 2. The maximum atomic E-state index is 13.8. The summed E-state index contributed by atoms with van der Waals surface area (Å²) in [6.45, 7) is 0. The first-order valence-electron chi connectivity index (χ1n) is 12.7. The Bertz CT molecular complexity index is 2350.